The minimum atomic E-state index is 0.733. The van der Waals surface area contributed by atoms with Crippen molar-refractivity contribution >= 4 is 27.7 Å². The number of benzene rings is 1. The van der Waals surface area contributed by atoms with Crippen molar-refractivity contribution in [3.8, 4) is 0 Å². The molecule has 1 saturated carbocycles. The van der Waals surface area contributed by atoms with Crippen molar-refractivity contribution in [1.82, 2.24) is 15.3 Å². The van der Waals surface area contributed by atoms with E-state index in [-0.39, 0.29) is 0 Å². The number of rotatable bonds is 5. The molecular formula is C15H16BrN3S. The lowest BCUT2D eigenvalue weighted by Crippen LogP contribution is -2.15. The van der Waals surface area contributed by atoms with E-state index in [1.165, 1.54) is 18.4 Å². The van der Waals surface area contributed by atoms with Gasteiger partial charge < -0.3 is 5.32 Å². The third kappa shape index (κ3) is 3.81. The minimum Gasteiger partial charge on any atom is -0.310 e. The fraction of sp³-hybridized carbons (Fsp3) is 0.333. The van der Waals surface area contributed by atoms with Crippen LogP contribution in [0.1, 0.15) is 24.1 Å². The van der Waals surface area contributed by atoms with E-state index in [9.17, 15) is 0 Å². The first-order chi connectivity index (χ1) is 9.70. The SMILES string of the molecule is Cc1ccnc(Sc2ccc(CNC3CC3)c(Br)c2)n1. The number of hydrogen-bond acceptors (Lipinski definition) is 4. The Hall–Kier alpha value is -0.910. The third-order valence-electron chi connectivity index (χ3n) is 3.16. The summed E-state index contributed by atoms with van der Waals surface area (Å²) in [6.45, 7) is 2.91. The van der Waals surface area contributed by atoms with E-state index in [0.29, 0.717) is 0 Å². The van der Waals surface area contributed by atoms with E-state index >= 15 is 0 Å². The summed E-state index contributed by atoms with van der Waals surface area (Å²) in [5.41, 5.74) is 2.29. The molecule has 0 saturated heterocycles. The van der Waals surface area contributed by atoms with Crippen LogP contribution < -0.4 is 5.32 Å². The highest BCUT2D eigenvalue weighted by atomic mass is 79.9. The van der Waals surface area contributed by atoms with Gasteiger partial charge in [-0.3, -0.25) is 0 Å². The van der Waals surface area contributed by atoms with Gasteiger partial charge in [0.25, 0.3) is 0 Å². The molecule has 3 nitrogen and oxygen atoms in total. The summed E-state index contributed by atoms with van der Waals surface area (Å²) in [5, 5.41) is 4.32. The highest BCUT2D eigenvalue weighted by molar-refractivity contribution is 9.10. The molecule has 1 fully saturated rings. The molecule has 1 heterocycles. The van der Waals surface area contributed by atoms with Crippen LogP contribution in [0.3, 0.4) is 0 Å². The molecule has 5 heteroatoms. The van der Waals surface area contributed by atoms with E-state index in [2.05, 4.69) is 49.4 Å². The highest BCUT2D eigenvalue weighted by Gasteiger charge is 2.20. The maximum absolute atomic E-state index is 4.41. The van der Waals surface area contributed by atoms with Gasteiger partial charge in [-0.2, -0.15) is 0 Å². The van der Waals surface area contributed by atoms with Crippen LogP contribution >= 0.6 is 27.7 Å². The summed E-state index contributed by atoms with van der Waals surface area (Å²) in [6.07, 6.45) is 4.43. The Labute approximate surface area is 131 Å². The van der Waals surface area contributed by atoms with Crippen LogP contribution in [0.5, 0.6) is 0 Å². The Balaban J connectivity index is 1.69. The normalized spacial score (nSPS) is 14.5. The van der Waals surface area contributed by atoms with Gasteiger partial charge in [0.2, 0.25) is 0 Å². The molecule has 0 bridgehead atoms. The molecule has 0 aliphatic heterocycles. The molecule has 0 radical (unpaired) electrons. The molecule has 1 aromatic carbocycles. The van der Waals surface area contributed by atoms with E-state index in [4.69, 9.17) is 0 Å². The predicted molar refractivity (Wildman–Crippen MR) is 84.9 cm³/mol. The molecule has 1 aliphatic rings. The van der Waals surface area contributed by atoms with Crippen LogP contribution in [0.15, 0.2) is 45.0 Å². The molecule has 0 amide bonds. The summed E-state index contributed by atoms with van der Waals surface area (Å²) in [6, 6.07) is 9.08. The predicted octanol–water partition coefficient (Wildman–Crippen LogP) is 3.95. The largest absolute Gasteiger partial charge is 0.310 e. The van der Waals surface area contributed by atoms with Crippen molar-refractivity contribution in [1.29, 1.82) is 0 Å². The van der Waals surface area contributed by atoms with Crippen molar-refractivity contribution in [3.63, 3.8) is 0 Å². The van der Waals surface area contributed by atoms with Crippen LogP contribution in [-0.2, 0) is 6.54 Å². The molecule has 2 aromatic rings. The van der Waals surface area contributed by atoms with Gasteiger partial charge in [0, 0.05) is 33.8 Å². The van der Waals surface area contributed by atoms with Crippen molar-refractivity contribution in [2.24, 2.45) is 0 Å². The number of hydrogen-bond donors (Lipinski definition) is 1. The molecule has 1 aromatic heterocycles. The lowest BCUT2D eigenvalue weighted by atomic mass is 10.2. The fourth-order valence-electron chi connectivity index (χ4n) is 1.86. The standard InChI is InChI=1S/C15H16BrN3S/c1-10-6-7-17-15(19-10)20-13-5-2-11(14(16)8-13)9-18-12-3-4-12/h2,5-8,12,18H,3-4,9H2,1H3. The molecule has 104 valence electrons. The van der Waals surface area contributed by atoms with Crippen molar-refractivity contribution < 1.29 is 0 Å². The van der Waals surface area contributed by atoms with Gasteiger partial charge in [0.1, 0.15) is 0 Å². The van der Waals surface area contributed by atoms with Gasteiger partial charge in [-0.15, -0.1) is 0 Å². The Bertz CT molecular complexity index is 614. The number of nitrogens with one attached hydrogen (secondary N) is 1. The van der Waals surface area contributed by atoms with Crippen LogP contribution in [0.4, 0.5) is 0 Å². The zero-order chi connectivity index (χ0) is 13.9. The molecule has 3 rings (SSSR count). The van der Waals surface area contributed by atoms with E-state index in [1.807, 2.05) is 13.0 Å². The molecular weight excluding hydrogens is 334 g/mol. The number of aryl methyl sites for hydroxylation is 1. The summed E-state index contributed by atoms with van der Waals surface area (Å²) in [4.78, 5) is 9.84. The summed E-state index contributed by atoms with van der Waals surface area (Å²) < 4.78 is 1.14. The lowest BCUT2D eigenvalue weighted by Gasteiger charge is -2.08. The molecule has 1 N–H and O–H groups in total. The van der Waals surface area contributed by atoms with Gasteiger partial charge in [-0.1, -0.05) is 22.0 Å². The van der Waals surface area contributed by atoms with Crippen molar-refractivity contribution in [3.05, 3.63) is 46.2 Å². The van der Waals surface area contributed by atoms with Gasteiger partial charge in [-0.05, 0) is 55.3 Å². The molecule has 1 aliphatic carbocycles. The van der Waals surface area contributed by atoms with E-state index in [1.54, 1.807) is 18.0 Å². The Morgan fingerprint density at radius 1 is 1.35 bits per heavy atom. The van der Waals surface area contributed by atoms with Gasteiger partial charge in [-0.25, -0.2) is 9.97 Å². The first-order valence-electron chi connectivity index (χ1n) is 6.70. The molecule has 0 unspecified atom stereocenters. The van der Waals surface area contributed by atoms with Gasteiger partial charge >= 0.3 is 0 Å². The third-order valence-corrected chi connectivity index (χ3v) is 4.77. The van der Waals surface area contributed by atoms with E-state index < -0.39 is 0 Å². The second-order valence-electron chi connectivity index (χ2n) is 4.99. The van der Waals surface area contributed by atoms with Crippen LogP contribution in [0, 0.1) is 6.92 Å². The van der Waals surface area contributed by atoms with E-state index in [0.717, 1.165) is 32.8 Å². The Morgan fingerprint density at radius 3 is 2.90 bits per heavy atom. The second-order valence-corrected chi connectivity index (χ2v) is 6.89. The average molecular weight is 350 g/mol. The Morgan fingerprint density at radius 2 is 2.20 bits per heavy atom. The number of nitrogens with zero attached hydrogens (tertiary/aromatic N) is 2. The van der Waals surface area contributed by atoms with Crippen molar-refractivity contribution in [2.45, 2.75) is 42.4 Å². The van der Waals surface area contributed by atoms with Crippen LogP contribution in [0.25, 0.3) is 0 Å². The fourth-order valence-corrected chi connectivity index (χ4v) is 3.35. The number of aromatic nitrogens is 2. The highest BCUT2D eigenvalue weighted by Crippen LogP contribution is 2.29. The lowest BCUT2D eigenvalue weighted by molar-refractivity contribution is 0.685. The maximum Gasteiger partial charge on any atom is 0.192 e. The smallest absolute Gasteiger partial charge is 0.192 e. The summed E-state index contributed by atoms with van der Waals surface area (Å²) in [7, 11) is 0. The summed E-state index contributed by atoms with van der Waals surface area (Å²) in [5.74, 6) is 0. The quantitative estimate of drug-likeness (QED) is 0.829. The first kappa shape index (κ1) is 14.0. The van der Waals surface area contributed by atoms with Crippen LogP contribution in [0.2, 0.25) is 0 Å². The summed E-state index contributed by atoms with van der Waals surface area (Å²) >= 11 is 5.24. The van der Waals surface area contributed by atoms with Crippen LogP contribution in [-0.4, -0.2) is 16.0 Å². The number of halogens is 1. The average Bonchev–Trinajstić information content (AvgIpc) is 3.22. The van der Waals surface area contributed by atoms with Crippen molar-refractivity contribution in [2.75, 3.05) is 0 Å². The molecule has 20 heavy (non-hydrogen) atoms. The Kier molecular flexibility index (Phi) is 4.38. The topological polar surface area (TPSA) is 37.8 Å². The monoisotopic (exact) mass is 349 g/mol. The van der Waals surface area contributed by atoms with Gasteiger partial charge in [0.15, 0.2) is 5.16 Å². The molecule has 0 spiro atoms. The molecule has 0 atom stereocenters. The maximum atomic E-state index is 4.41. The second kappa shape index (κ2) is 6.24. The minimum absolute atomic E-state index is 0.733. The zero-order valence-corrected chi connectivity index (χ0v) is 13.7. The van der Waals surface area contributed by atoms with Gasteiger partial charge in [0.05, 0.1) is 0 Å². The first-order valence-corrected chi connectivity index (χ1v) is 8.31. The zero-order valence-electron chi connectivity index (χ0n) is 11.3.